The molecule has 4 rings (SSSR count). The van der Waals surface area contributed by atoms with Gasteiger partial charge < -0.3 is 10.0 Å². The number of rotatable bonds is 4. The van der Waals surface area contributed by atoms with E-state index < -0.39 is 12.3 Å². The number of amides is 1. The SMILES string of the molecule is C[C@H]1c2cccc([C@](C)(O)CF)c2CCN1C(=O)Cc1c(Cl)ccc2n[nH]c(Cl)c12. The Kier molecular flexibility index (Phi) is 5.51. The molecule has 8 heteroatoms. The largest absolute Gasteiger partial charge is 0.383 e. The van der Waals surface area contributed by atoms with Crippen LogP contribution in [0.15, 0.2) is 30.3 Å². The number of hydrogen-bond acceptors (Lipinski definition) is 3. The van der Waals surface area contributed by atoms with Crippen LogP contribution < -0.4 is 0 Å². The van der Waals surface area contributed by atoms with Crippen molar-refractivity contribution in [3.05, 3.63) is 62.8 Å². The van der Waals surface area contributed by atoms with Crippen LogP contribution in [0.1, 0.15) is 42.1 Å². The third kappa shape index (κ3) is 3.47. The van der Waals surface area contributed by atoms with Crippen LogP contribution in [-0.4, -0.2) is 39.3 Å². The van der Waals surface area contributed by atoms with Gasteiger partial charge in [-0.05, 0) is 54.7 Å². The van der Waals surface area contributed by atoms with E-state index in [1.165, 1.54) is 6.92 Å². The van der Waals surface area contributed by atoms with Crippen molar-refractivity contribution in [2.75, 3.05) is 13.2 Å². The van der Waals surface area contributed by atoms with Crippen LogP contribution >= 0.6 is 23.2 Å². The quantitative estimate of drug-likeness (QED) is 0.604. The van der Waals surface area contributed by atoms with E-state index >= 15 is 0 Å². The molecule has 1 aromatic heterocycles. The molecule has 5 nitrogen and oxygen atoms in total. The highest BCUT2D eigenvalue weighted by molar-refractivity contribution is 6.37. The van der Waals surface area contributed by atoms with Crippen molar-refractivity contribution < 1.29 is 14.3 Å². The number of nitrogens with one attached hydrogen (secondary N) is 1. The van der Waals surface area contributed by atoms with Crippen molar-refractivity contribution in [3.63, 3.8) is 0 Å². The summed E-state index contributed by atoms with van der Waals surface area (Å²) in [5.41, 5.74) is 2.17. The van der Waals surface area contributed by atoms with Crippen molar-refractivity contribution in [2.24, 2.45) is 0 Å². The van der Waals surface area contributed by atoms with Gasteiger partial charge in [0.25, 0.3) is 0 Å². The van der Waals surface area contributed by atoms with Gasteiger partial charge in [0.1, 0.15) is 17.4 Å². The number of aromatic amines is 1. The van der Waals surface area contributed by atoms with E-state index in [9.17, 15) is 14.3 Å². The molecule has 0 spiro atoms. The Hall–Kier alpha value is -2.15. The van der Waals surface area contributed by atoms with Crippen molar-refractivity contribution in [2.45, 2.75) is 38.3 Å². The second kappa shape index (κ2) is 7.84. The Morgan fingerprint density at radius 1 is 1.37 bits per heavy atom. The van der Waals surface area contributed by atoms with Gasteiger partial charge in [-0.2, -0.15) is 5.10 Å². The molecular weight excluding hydrogens is 428 g/mol. The molecule has 2 N–H and O–H groups in total. The number of fused-ring (bicyclic) bond motifs is 2. The van der Waals surface area contributed by atoms with E-state index in [2.05, 4.69) is 10.2 Å². The molecule has 1 amide bonds. The Labute approximate surface area is 183 Å². The lowest BCUT2D eigenvalue weighted by Crippen LogP contribution is -2.41. The number of aliphatic hydroxyl groups is 1. The van der Waals surface area contributed by atoms with E-state index in [4.69, 9.17) is 23.2 Å². The van der Waals surface area contributed by atoms with Gasteiger partial charge in [0.05, 0.1) is 18.0 Å². The standard InChI is InChI=1S/C22H22Cl2FN3O2/c1-12-13-4-3-5-16(22(2,30)11-25)14(13)8-9-28(12)19(29)10-15-17(23)6-7-18-20(15)21(24)27-26-18/h3-7,12,30H,8-11H2,1-2H3,(H,26,27)/t12-,22+/m0/s1. The first kappa shape index (κ1) is 21.1. The highest BCUT2D eigenvalue weighted by Gasteiger charge is 2.34. The molecule has 0 radical (unpaired) electrons. The topological polar surface area (TPSA) is 69.2 Å². The number of nitrogens with zero attached hydrogens (tertiary/aromatic N) is 2. The normalized spacial score (nSPS) is 18.3. The average Bonchev–Trinajstić information content (AvgIpc) is 3.11. The lowest BCUT2D eigenvalue weighted by atomic mass is 9.83. The first-order valence-electron chi connectivity index (χ1n) is 9.75. The number of benzene rings is 2. The first-order chi connectivity index (χ1) is 14.2. The van der Waals surface area contributed by atoms with Crippen LogP contribution in [0.2, 0.25) is 10.2 Å². The molecule has 30 heavy (non-hydrogen) atoms. The fraction of sp³-hybridized carbons (Fsp3) is 0.364. The van der Waals surface area contributed by atoms with Gasteiger partial charge in [0.15, 0.2) is 0 Å². The van der Waals surface area contributed by atoms with Crippen LogP contribution in [0, 0.1) is 0 Å². The summed E-state index contributed by atoms with van der Waals surface area (Å²) in [5, 5.41) is 18.8. The van der Waals surface area contributed by atoms with E-state index in [0.29, 0.717) is 45.2 Å². The number of alkyl halides is 1. The Balaban J connectivity index is 1.65. The summed E-state index contributed by atoms with van der Waals surface area (Å²) in [5.74, 6) is -0.0810. The lowest BCUT2D eigenvalue weighted by Gasteiger charge is -2.38. The van der Waals surface area contributed by atoms with Gasteiger partial charge in [0, 0.05) is 17.0 Å². The predicted octanol–water partition coefficient (Wildman–Crippen LogP) is 4.74. The molecule has 0 bridgehead atoms. The number of carbonyl (C=O) groups is 1. The van der Waals surface area contributed by atoms with Gasteiger partial charge in [-0.3, -0.25) is 9.89 Å². The van der Waals surface area contributed by atoms with Crippen molar-refractivity contribution in [1.29, 1.82) is 0 Å². The second-order valence-electron chi connectivity index (χ2n) is 7.93. The first-order valence-corrected chi connectivity index (χ1v) is 10.5. The van der Waals surface area contributed by atoms with Gasteiger partial charge in [-0.1, -0.05) is 41.4 Å². The number of hydrogen-bond donors (Lipinski definition) is 2. The van der Waals surface area contributed by atoms with Crippen molar-refractivity contribution in [1.82, 2.24) is 15.1 Å². The van der Waals surface area contributed by atoms with E-state index in [1.54, 1.807) is 29.2 Å². The third-order valence-electron chi connectivity index (χ3n) is 5.95. The highest BCUT2D eigenvalue weighted by atomic mass is 35.5. The minimum atomic E-state index is -1.54. The maximum Gasteiger partial charge on any atom is 0.227 e. The molecule has 1 aliphatic rings. The minimum Gasteiger partial charge on any atom is -0.383 e. The average molecular weight is 450 g/mol. The molecule has 2 atom stereocenters. The fourth-order valence-corrected chi connectivity index (χ4v) is 4.80. The smallest absolute Gasteiger partial charge is 0.227 e. The minimum absolute atomic E-state index is 0.0810. The van der Waals surface area contributed by atoms with Crippen LogP contribution in [0.25, 0.3) is 10.9 Å². The summed E-state index contributed by atoms with van der Waals surface area (Å²) in [6.45, 7) is 3.02. The zero-order valence-electron chi connectivity index (χ0n) is 16.7. The molecule has 0 unspecified atom stereocenters. The van der Waals surface area contributed by atoms with E-state index in [-0.39, 0.29) is 18.4 Å². The number of halogens is 3. The van der Waals surface area contributed by atoms with Gasteiger partial charge in [-0.25, -0.2) is 4.39 Å². The summed E-state index contributed by atoms with van der Waals surface area (Å²) in [7, 11) is 0. The fourth-order valence-electron chi connectivity index (χ4n) is 4.33. The summed E-state index contributed by atoms with van der Waals surface area (Å²) >= 11 is 12.6. The summed E-state index contributed by atoms with van der Waals surface area (Å²) in [4.78, 5) is 15.0. The maximum atomic E-state index is 13.4. The predicted molar refractivity (Wildman–Crippen MR) is 116 cm³/mol. The molecule has 2 heterocycles. The highest BCUT2D eigenvalue weighted by Crippen LogP contribution is 2.37. The van der Waals surface area contributed by atoms with Crippen LogP contribution in [0.4, 0.5) is 4.39 Å². The number of H-pyrrole nitrogens is 1. The summed E-state index contributed by atoms with van der Waals surface area (Å²) < 4.78 is 13.4. The lowest BCUT2D eigenvalue weighted by molar-refractivity contribution is -0.133. The summed E-state index contributed by atoms with van der Waals surface area (Å²) in [6.07, 6.45) is 0.638. The zero-order valence-corrected chi connectivity index (χ0v) is 18.2. The van der Waals surface area contributed by atoms with Crippen LogP contribution in [-0.2, 0) is 23.2 Å². The maximum absolute atomic E-state index is 13.4. The second-order valence-corrected chi connectivity index (χ2v) is 8.71. The van der Waals surface area contributed by atoms with Gasteiger partial charge in [-0.15, -0.1) is 0 Å². The Bertz CT molecular complexity index is 1130. The van der Waals surface area contributed by atoms with Crippen molar-refractivity contribution in [3.8, 4) is 0 Å². The molecule has 1 aliphatic heterocycles. The van der Waals surface area contributed by atoms with Gasteiger partial charge >= 0.3 is 0 Å². The van der Waals surface area contributed by atoms with E-state index in [1.807, 2.05) is 13.0 Å². The molecule has 0 fully saturated rings. The van der Waals surface area contributed by atoms with Gasteiger partial charge in [0.2, 0.25) is 5.91 Å². The number of aromatic nitrogens is 2. The zero-order chi connectivity index (χ0) is 21.6. The Morgan fingerprint density at radius 2 is 2.13 bits per heavy atom. The molecular formula is C22H22Cl2FN3O2. The van der Waals surface area contributed by atoms with Crippen molar-refractivity contribution >= 4 is 40.0 Å². The Morgan fingerprint density at radius 3 is 2.87 bits per heavy atom. The molecule has 0 aliphatic carbocycles. The molecule has 2 aromatic carbocycles. The van der Waals surface area contributed by atoms with Crippen LogP contribution in [0.5, 0.6) is 0 Å². The third-order valence-corrected chi connectivity index (χ3v) is 6.58. The monoisotopic (exact) mass is 449 g/mol. The molecule has 0 saturated heterocycles. The summed E-state index contributed by atoms with van der Waals surface area (Å²) in [6, 6.07) is 8.73. The molecule has 3 aromatic rings. The van der Waals surface area contributed by atoms with Crippen LogP contribution in [0.3, 0.4) is 0 Å². The molecule has 158 valence electrons. The van der Waals surface area contributed by atoms with E-state index in [0.717, 1.165) is 11.1 Å². The molecule has 0 saturated carbocycles. The number of carbonyl (C=O) groups excluding carboxylic acids is 1.